The molecule has 1 aliphatic heterocycles. The van der Waals surface area contributed by atoms with Crippen molar-refractivity contribution in [2.45, 2.75) is 38.3 Å². The van der Waals surface area contributed by atoms with Crippen LogP contribution in [0, 0.1) is 0 Å². The van der Waals surface area contributed by atoms with Gasteiger partial charge in [0, 0.05) is 18.3 Å². The first-order valence-corrected chi connectivity index (χ1v) is 6.86. The van der Waals surface area contributed by atoms with Crippen LogP contribution in [0.3, 0.4) is 0 Å². The van der Waals surface area contributed by atoms with Crippen LogP contribution in [-0.2, 0) is 0 Å². The number of nitrogens with zero attached hydrogens (tertiary/aromatic N) is 1. The standard InChI is InChI=1S/C15H22N2O3/c1-15(2,19)13-8-5-9-17(13)14(18)16-11-6-4-7-12(10-11)20-3/h4,6-7,10,13,19H,5,8-9H2,1-3H3,(H,16,18). The molecule has 2 amide bonds. The number of amides is 2. The van der Waals surface area contributed by atoms with E-state index in [1.807, 2.05) is 18.2 Å². The number of nitrogens with one attached hydrogen (secondary N) is 1. The lowest BCUT2D eigenvalue weighted by atomic mass is 9.97. The Morgan fingerprint density at radius 1 is 1.50 bits per heavy atom. The number of methoxy groups -OCH3 is 1. The number of hydrogen-bond donors (Lipinski definition) is 2. The average Bonchev–Trinajstić information content (AvgIpc) is 2.88. The number of anilines is 1. The minimum absolute atomic E-state index is 0.145. The SMILES string of the molecule is COc1cccc(NC(=O)N2CCCC2C(C)(C)O)c1. The summed E-state index contributed by atoms with van der Waals surface area (Å²) in [6, 6.07) is 6.91. The Kier molecular flexibility index (Phi) is 4.18. The zero-order valence-corrected chi connectivity index (χ0v) is 12.2. The molecular weight excluding hydrogens is 256 g/mol. The Morgan fingerprint density at radius 2 is 2.25 bits per heavy atom. The molecule has 1 unspecified atom stereocenters. The Morgan fingerprint density at radius 3 is 2.90 bits per heavy atom. The molecule has 110 valence electrons. The fourth-order valence-corrected chi connectivity index (χ4v) is 2.64. The molecule has 2 N–H and O–H groups in total. The van der Waals surface area contributed by atoms with Crippen LogP contribution >= 0.6 is 0 Å². The summed E-state index contributed by atoms with van der Waals surface area (Å²) >= 11 is 0. The molecule has 2 rings (SSSR count). The van der Waals surface area contributed by atoms with E-state index in [0.29, 0.717) is 18.0 Å². The molecule has 1 atom stereocenters. The minimum atomic E-state index is -0.887. The van der Waals surface area contributed by atoms with Crippen molar-refractivity contribution in [2.24, 2.45) is 0 Å². The molecule has 0 aliphatic carbocycles. The van der Waals surface area contributed by atoms with Crippen molar-refractivity contribution in [3.8, 4) is 5.75 Å². The first kappa shape index (κ1) is 14.7. The number of carbonyl (C=O) groups is 1. The molecule has 0 saturated carbocycles. The van der Waals surface area contributed by atoms with Crippen molar-refractivity contribution in [1.29, 1.82) is 0 Å². The van der Waals surface area contributed by atoms with E-state index in [1.165, 1.54) is 0 Å². The van der Waals surface area contributed by atoms with Gasteiger partial charge in [-0.05, 0) is 38.8 Å². The summed E-state index contributed by atoms with van der Waals surface area (Å²) in [4.78, 5) is 14.0. The van der Waals surface area contributed by atoms with E-state index >= 15 is 0 Å². The Balaban J connectivity index is 2.07. The van der Waals surface area contributed by atoms with Crippen LogP contribution in [0.25, 0.3) is 0 Å². The van der Waals surface area contributed by atoms with Gasteiger partial charge in [-0.1, -0.05) is 6.07 Å². The molecule has 1 aromatic rings. The number of likely N-dealkylation sites (tertiary alicyclic amines) is 1. The lowest BCUT2D eigenvalue weighted by Gasteiger charge is -2.33. The lowest BCUT2D eigenvalue weighted by molar-refractivity contribution is 0.0117. The van der Waals surface area contributed by atoms with Gasteiger partial charge in [-0.25, -0.2) is 4.79 Å². The van der Waals surface area contributed by atoms with Crippen molar-refractivity contribution in [3.05, 3.63) is 24.3 Å². The van der Waals surface area contributed by atoms with Crippen LogP contribution in [0.15, 0.2) is 24.3 Å². The van der Waals surface area contributed by atoms with Crippen LogP contribution in [0.5, 0.6) is 5.75 Å². The first-order valence-electron chi connectivity index (χ1n) is 6.86. The maximum absolute atomic E-state index is 12.3. The van der Waals surface area contributed by atoms with Gasteiger partial charge < -0.3 is 20.1 Å². The third-order valence-corrected chi connectivity index (χ3v) is 3.65. The third-order valence-electron chi connectivity index (χ3n) is 3.65. The second-order valence-electron chi connectivity index (χ2n) is 5.67. The fraction of sp³-hybridized carbons (Fsp3) is 0.533. The quantitative estimate of drug-likeness (QED) is 0.893. The third kappa shape index (κ3) is 3.22. The molecule has 5 heteroatoms. The maximum atomic E-state index is 12.3. The van der Waals surface area contributed by atoms with Crippen molar-refractivity contribution >= 4 is 11.7 Å². The largest absolute Gasteiger partial charge is 0.497 e. The molecule has 1 fully saturated rings. The zero-order chi connectivity index (χ0) is 14.8. The van der Waals surface area contributed by atoms with Crippen LogP contribution in [-0.4, -0.2) is 41.3 Å². The normalized spacial score (nSPS) is 19.0. The van der Waals surface area contributed by atoms with Gasteiger partial charge in [0.15, 0.2) is 0 Å². The number of benzene rings is 1. The molecule has 20 heavy (non-hydrogen) atoms. The van der Waals surface area contributed by atoms with Gasteiger partial charge in [-0.15, -0.1) is 0 Å². The highest BCUT2D eigenvalue weighted by molar-refractivity contribution is 5.90. The van der Waals surface area contributed by atoms with E-state index in [0.717, 1.165) is 12.8 Å². The lowest BCUT2D eigenvalue weighted by Crippen LogP contribution is -2.49. The summed E-state index contributed by atoms with van der Waals surface area (Å²) in [5.41, 5.74) is -0.196. The number of urea groups is 1. The summed E-state index contributed by atoms with van der Waals surface area (Å²) in [7, 11) is 1.59. The molecule has 0 aromatic heterocycles. The van der Waals surface area contributed by atoms with Crippen LogP contribution < -0.4 is 10.1 Å². The van der Waals surface area contributed by atoms with E-state index in [-0.39, 0.29) is 12.1 Å². The smallest absolute Gasteiger partial charge is 0.322 e. The van der Waals surface area contributed by atoms with E-state index < -0.39 is 5.60 Å². The molecule has 0 bridgehead atoms. The second-order valence-corrected chi connectivity index (χ2v) is 5.67. The summed E-state index contributed by atoms with van der Waals surface area (Å²) in [6.07, 6.45) is 1.75. The molecule has 0 radical (unpaired) electrons. The van der Waals surface area contributed by atoms with Crippen molar-refractivity contribution < 1.29 is 14.6 Å². The number of aliphatic hydroxyl groups is 1. The topological polar surface area (TPSA) is 61.8 Å². The van der Waals surface area contributed by atoms with E-state index in [2.05, 4.69) is 5.32 Å². The Bertz CT molecular complexity index is 482. The number of ether oxygens (including phenoxy) is 1. The van der Waals surface area contributed by atoms with Gasteiger partial charge >= 0.3 is 6.03 Å². The molecule has 0 spiro atoms. The molecule has 5 nitrogen and oxygen atoms in total. The predicted octanol–water partition coefficient (Wildman–Crippen LogP) is 2.46. The van der Waals surface area contributed by atoms with E-state index in [9.17, 15) is 9.90 Å². The average molecular weight is 278 g/mol. The molecule has 1 aromatic carbocycles. The molecule has 1 heterocycles. The van der Waals surface area contributed by atoms with Gasteiger partial charge in [0.05, 0.1) is 18.8 Å². The summed E-state index contributed by atoms with van der Waals surface area (Å²) in [6.45, 7) is 4.16. The number of rotatable bonds is 3. The maximum Gasteiger partial charge on any atom is 0.322 e. The van der Waals surface area contributed by atoms with Gasteiger partial charge in [-0.2, -0.15) is 0 Å². The predicted molar refractivity (Wildman–Crippen MR) is 78.0 cm³/mol. The number of carbonyl (C=O) groups excluding carboxylic acids is 1. The highest BCUT2D eigenvalue weighted by Crippen LogP contribution is 2.27. The second kappa shape index (κ2) is 5.71. The highest BCUT2D eigenvalue weighted by atomic mass is 16.5. The summed E-state index contributed by atoms with van der Waals surface area (Å²) in [5, 5.41) is 13.0. The van der Waals surface area contributed by atoms with E-state index in [1.54, 1.807) is 31.9 Å². The first-order chi connectivity index (χ1) is 9.41. The number of hydrogen-bond acceptors (Lipinski definition) is 3. The van der Waals surface area contributed by atoms with Gasteiger partial charge in [-0.3, -0.25) is 0 Å². The van der Waals surface area contributed by atoms with Crippen molar-refractivity contribution in [3.63, 3.8) is 0 Å². The van der Waals surface area contributed by atoms with Crippen LogP contribution in [0.2, 0.25) is 0 Å². The van der Waals surface area contributed by atoms with Gasteiger partial charge in [0.25, 0.3) is 0 Å². The Labute approximate surface area is 119 Å². The van der Waals surface area contributed by atoms with Gasteiger partial charge in [0.2, 0.25) is 0 Å². The monoisotopic (exact) mass is 278 g/mol. The highest BCUT2D eigenvalue weighted by Gasteiger charge is 2.38. The van der Waals surface area contributed by atoms with Crippen molar-refractivity contribution in [1.82, 2.24) is 4.90 Å². The van der Waals surface area contributed by atoms with Crippen LogP contribution in [0.4, 0.5) is 10.5 Å². The summed E-state index contributed by atoms with van der Waals surface area (Å²) < 4.78 is 5.13. The van der Waals surface area contributed by atoms with Crippen LogP contribution in [0.1, 0.15) is 26.7 Å². The Hall–Kier alpha value is -1.75. The van der Waals surface area contributed by atoms with E-state index in [4.69, 9.17) is 4.74 Å². The minimum Gasteiger partial charge on any atom is -0.497 e. The zero-order valence-electron chi connectivity index (χ0n) is 12.2. The molecule has 1 aliphatic rings. The van der Waals surface area contributed by atoms with Crippen molar-refractivity contribution in [2.75, 3.05) is 19.0 Å². The molecule has 1 saturated heterocycles. The molecular formula is C15H22N2O3. The fourth-order valence-electron chi connectivity index (χ4n) is 2.64. The van der Waals surface area contributed by atoms with Gasteiger partial charge in [0.1, 0.15) is 5.75 Å². The summed E-state index contributed by atoms with van der Waals surface area (Å²) in [5.74, 6) is 0.697.